The molecule has 0 saturated carbocycles. The van der Waals surface area contributed by atoms with E-state index in [4.69, 9.17) is 9.47 Å². The highest BCUT2D eigenvalue weighted by molar-refractivity contribution is 7.13. The lowest BCUT2D eigenvalue weighted by molar-refractivity contribution is -0.125. The van der Waals surface area contributed by atoms with Crippen LogP contribution in [0.4, 0.5) is 0 Å². The molecule has 1 N–H and O–H groups in total. The van der Waals surface area contributed by atoms with Crippen molar-refractivity contribution in [2.24, 2.45) is 5.92 Å². The fraction of sp³-hybridized carbons (Fsp3) is 0.368. The molecule has 2 rings (SSSR count). The summed E-state index contributed by atoms with van der Waals surface area (Å²) in [5, 5.41) is 14.0. The first-order chi connectivity index (χ1) is 12.8. The second kappa shape index (κ2) is 8.64. The van der Waals surface area contributed by atoms with E-state index in [1.54, 1.807) is 31.5 Å². The van der Waals surface area contributed by atoms with Crippen molar-refractivity contribution >= 4 is 23.2 Å². The van der Waals surface area contributed by atoms with Gasteiger partial charge in [0.05, 0.1) is 13.2 Å². The Balaban J connectivity index is 1.96. The Kier molecular flexibility index (Phi) is 6.53. The van der Waals surface area contributed by atoms with Crippen molar-refractivity contribution in [1.82, 2.24) is 10.3 Å². The van der Waals surface area contributed by atoms with Gasteiger partial charge in [0.1, 0.15) is 16.3 Å². The van der Waals surface area contributed by atoms with E-state index in [2.05, 4.69) is 16.4 Å². The minimum absolute atomic E-state index is 0.0900. The Bertz CT molecular complexity index is 855. The number of hydrogen-bond donors (Lipinski definition) is 1. The molecule has 1 atom stereocenters. The zero-order chi connectivity index (χ0) is 20.0. The molecule has 0 saturated heterocycles. The summed E-state index contributed by atoms with van der Waals surface area (Å²) in [5.74, 6) is -0.587. The highest BCUT2D eigenvalue weighted by Crippen LogP contribution is 2.26. The van der Waals surface area contributed by atoms with Crippen LogP contribution in [0.5, 0.6) is 5.75 Å². The molecular weight excluding hydrogens is 366 g/mol. The van der Waals surface area contributed by atoms with E-state index in [-0.39, 0.29) is 11.6 Å². The molecule has 142 valence electrons. The average Bonchev–Trinajstić information content (AvgIpc) is 3.16. The third kappa shape index (κ3) is 5.05. The smallest absolute Gasteiger partial charge is 0.358 e. The summed E-state index contributed by atoms with van der Waals surface area (Å²) >= 11 is 1.30. The zero-order valence-corrected chi connectivity index (χ0v) is 16.4. The minimum Gasteiger partial charge on any atom is -0.497 e. The van der Waals surface area contributed by atoms with Gasteiger partial charge in [0.15, 0.2) is 12.3 Å². The number of carbonyl (C=O) groups is 2. The molecule has 1 aromatic heterocycles. The van der Waals surface area contributed by atoms with Gasteiger partial charge in [-0.15, -0.1) is 11.3 Å². The van der Waals surface area contributed by atoms with Crippen LogP contribution in [0, 0.1) is 17.2 Å². The van der Waals surface area contributed by atoms with Crippen molar-refractivity contribution in [3.63, 3.8) is 0 Å². The minimum atomic E-state index is -1.02. The van der Waals surface area contributed by atoms with Crippen LogP contribution < -0.4 is 10.1 Å². The number of nitriles is 1. The van der Waals surface area contributed by atoms with Crippen LogP contribution >= 0.6 is 11.3 Å². The summed E-state index contributed by atoms with van der Waals surface area (Å²) in [5.41, 5.74) is -0.0455. The molecule has 0 unspecified atom stereocenters. The van der Waals surface area contributed by atoms with E-state index < -0.39 is 24.0 Å². The first kappa shape index (κ1) is 20.4. The first-order valence-corrected chi connectivity index (χ1v) is 9.16. The average molecular weight is 387 g/mol. The molecule has 7 nitrogen and oxygen atoms in total. The van der Waals surface area contributed by atoms with E-state index in [1.807, 2.05) is 26.0 Å². The van der Waals surface area contributed by atoms with Crippen molar-refractivity contribution in [3.05, 3.63) is 35.3 Å². The van der Waals surface area contributed by atoms with Gasteiger partial charge in [0.25, 0.3) is 5.91 Å². The van der Waals surface area contributed by atoms with Crippen LogP contribution in [-0.2, 0) is 9.53 Å². The monoisotopic (exact) mass is 387 g/mol. The van der Waals surface area contributed by atoms with Gasteiger partial charge in [-0.3, -0.25) is 4.79 Å². The Labute approximate surface area is 161 Å². The Hall–Kier alpha value is -2.92. The number of ether oxygens (including phenoxy) is 2. The standard InChI is InChI=1S/C19H21N3O4S/c1-12(2)19(3,11-20)22-16(23)9-26-18(24)15-10-27-17(21-15)13-5-7-14(25-4)8-6-13/h5-8,10,12H,9H2,1-4H3,(H,22,23)/t19-/m1/s1. The molecule has 0 aliphatic carbocycles. The molecule has 0 bridgehead atoms. The fourth-order valence-electron chi connectivity index (χ4n) is 2.07. The second-order valence-electron chi connectivity index (χ2n) is 6.36. The van der Waals surface area contributed by atoms with Gasteiger partial charge in [0.2, 0.25) is 0 Å². The predicted octanol–water partition coefficient (Wildman–Crippen LogP) is 3.03. The molecule has 0 fully saturated rings. The quantitative estimate of drug-likeness (QED) is 0.733. The van der Waals surface area contributed by atoms with Gasteiger partial charge in [-0.25, -0.2) is 9.78 Å². The van der Waals surface area contributed by atoms with Crippen LogP contribution in [0.25, 0.3) is 10.6 Å². The largest absolute Gasteiger partial charge is 0.497 e. The van der Waals surface area contributed by atoms with Crippen LogP contribution in [0.3, 0.4) is 0 Å². The lowest BCUT2D eigenvalue weighted by Gasteiger charge is -2.27. The second-order valence-corrected chi connectivity index (χ2v) is 7.22. The summed E-state index contributed by atoms with van der Waals surface area (Å²) in [6, 6.07) is 9.36. The maximum Gasteiger partial charge on any atom is 0.358 e. The third-order valence-corrected chi connectivity index (χ3v) is 5.06. The fourth-order valence-corrected chi connectivity index (χ4v) is 2.86. The molecule has 2 aromatic rings. The SMILES string of the molecule is COc1ccc(-c2nc(C(=O)OCC(=O)N[C@](C)(C#N)C(C)C)cs2)cc1. The summed E-state index contributed by atoms with van der Waals surface area (Å²) in [4.78, 5) is 28.3. The summed E-state index contributed by atoms with van der Waals surface area (Å²) in [6.45, 7) is 4.80. The van der Waals surface area contributed by atoms with Gasteiger partial charge in [-0.1, -0.05) is 13.8 Å². The summed E-state index contributed by atoms with van der Waals surface area (Å²) in [6.07, 6.45) is 0. The number of nitrogens with one attached hydrogen (secondary N) is 1. The van der Waals surface area contributed by atoms with Crippen LogP contribution in [0.1, 0.15) is 31.3 Å². The predicted molar refractivity (Wildman–Crippen MR) is 101 cm³/mol. The van der Waals surface area contributed by atoms with E-state index >= 15 is 0 Å². The number of carbonyl (C=O) groups excluding carboxylic acids is 2. The van der Waals surface area contributed by atoms with E-state index in [1.165, 1.54) is 11.3 Å². The van der Waals surface area contributed by atoms with E-state index in [0.29, 0.717) is 5.01 Å². The van der Waals surface area contributed by atoms with Gasteiger partial charge in [-0.05, 0) is 37.1 Å². The number of thiazole rings is 1. The van der Waals surface area contributed by atoms with Crippen LogP contribution in [-0.4, -0.2) is 36.1 Å². The number of amides is 1. The molecule has 0 aliphatic heterocycles. The maximum absolute atomic E-state index is 12.1. The molecule has 8 heteroatoms. The number of benzene rings is 1. The van der Waals surface area contributed by atoms with E-state index in [0.717, 1.165) is 11.3 Å². The van der Waals surface area contributed by atoms with Crippen molar-refractivity contribution in [2.75, 3.05) is 13.7 Å². The number of aromatic nitrogens is 1. The van der Waals surface area contributed by atoms with Crippen LogP contribution in [0.15, 0.2) is 29.6 Å². The zero-order valence-electron chi connectivity index (χ0n) is 15.6. The van der Waals surface area contributed by atoms with Crippen LogP contribution in [0.2, 0.25) is 0 Å². The number of hydrogen-bond acceptors (Lipinski definition) is 7. The normalized spacial score (nSPS) is 12.7. The summed E-state index contributed by atoms with van der Waals surface area (Å²) < 4.78 is 10.1. The molecular formula is C19H21N3O4S. The van der Waals surface area contributed by atoms with E-state index in [9.17, 15) is 14.9 Å². The molecule has 1 aromatic carbocycles. The lowest BCUT2D eigenvalue weighted by Crippen LogP contribution is -2.50. The van der Waals surface area contributed by atoms with Crippen molar-refractivity contribution in [2.45, 2.75) is 26.3 Å². The molecule has 0 spiro atoms. The third-order valence-electron chi connectivity index (χ3n) is 4.17. The van der Waals surface area contributed by atoms with Crippen molar-refractivity contribution in [3.8, 4) is 22.4 Å². The van der Waals surface area contributed by atoms with Gasteiger partial charge in [-0.2, -0.15) is 5.26 Å². The topological polar surface area (TPSA) is 101 Å². The first-order valence-electron chi connectivity index (χ1n) is 8.28. The molecule has 1 heterocycles. The number of methoxy groups -OCH3 is 1. The van der Waals surface area contributed by atoms with Gasteiger partial charge >= 0.3 is 5.97 Å². The Morgan fingerprint density at radius 3 is 2.56 bits per heavy atom. The van der Waals surface area contributed by atoms with Gasteiger partial charge < -0.3 is 14.8 Å². The number of esters is 1. The Morgan fingerprint density at radius 1 is 1.33 bits per heavy atom. The maximum atomic E-state index is 12.1. The highest BCUT2D eigenvalue weighted by Gasteiger charge is 2.30. The molecule has 1 amide bonds. The molecule has 0 aliphatic rings. The Morgan fingerprint density at radius 2 is 2.00 bits per heavy atom. The highest BCUT2D eigenvalue weighted by atomic mass is 32.1. The van der Waals surface area contributed by atoms with Gasteiger partial charge in [0, 0.05) is 10.9 Å². The number of nitrogens with zero attached hydrogens (tertiary/aromatic N) is 2. The summed E-state index contributed by atoms with van der Waals surface area (Å²) in [7, 11) is 1.59. The van der Waals surface area contributed by atoms with Crippen molar-refractivity contribution < 1.29 is 19.1 Å². The lowest BCUT2D eigenvalue weighted by atomic mass is 9.90. The molecule has 0 radical (unpaired) electrons. The van der Waals surface area contributed by atoms with Crippen molar-refractivity contribution in [1.29, 1.82) is 5.26 Å². The molecule has 27 heavy (non-hydrogen) atoms. The number of rotatable bonds is 7.